The number of benzene rings is 2. The number of aromatic nitrogens is 6. The highest BCUT2D eigenvalue weighted by Crippen LogP contribution is 2.33. The van der Waals surface area contributed by atoms with Gasteiger partial charge in [-0.05, 0) is 55.1 Å². The quantitative estimate of drug-likeness (QED) is 0.318. The molecule has 35 heavy (non-hydrogen) atoms. The van der Waals surface area contributed by atoms with Crippen LogP contribution in [0.1, 0.15) is 19.0 Å². The fraction of sp³-hybridized carbons (Fsp3) is 0.308. The minimum absolute atomic E-state index is 0.0519. The van der Waals surface area contributed by atoms with Crippen molar-refractivity contribution in [1.82, 2.24) is 33.6 Å². The zero-order valence-corrected chi connectivity index (χ0v) is 20.9. The molecule has 0 radical (unpaired) electrons. The number of aryl methyl sites for hydroxylation is 2. The molecule has 0 spiro atoms. The van der Waals surface area contributed by atoms with Crippen molar-refractivity contribution in [3.63, 3.8) is 0 Å². The highest BCUT2D eigenvalue weighted by atomic mass is 32.2. The van der Waals surface area contributed by atoms with Gasteiger partial charge in [-0.15, -0.1) is 0 Å². The summed E-state index contributed by atoms with van der Waals surface area (Å²) >= 11 is 1.79. The zero-order chi connectivity index (χ0) is 23.9. The van der Waals surface area contributed by atoms with E-state index in [1.807, 2.05) is 22.5 Å². The average molecular weight is 486 g/mol. The number of nitrogens with zero attached hydrogens (tertiary/aromatic N) is 7. The topological polar surface area (TPSA) is 73.9 Å². The van der Waals surface area contributed by atoms with Gasteiger partial charge in [0.1, 0.15) is 18.3 Å². The highest BCUT2D eigenvalue weighted by molar-refractivity contribution is 7.97. The van der Waals surface area contributed by atoms with Gasteiger partial charge in [0, 0.05) is 37.3 Å². The lowest BCUT2D eigenvalue weighted by Gasteiger charge is -2.16. The summed E-state index contributed by atoms with van der Waals surface area (Å²) in [6, 6.07) is 15.1. The van der Waals surface area contributed by atoms with E-state index in [4.69, 9.17) is 9.72 Å². The van der Waals surface area contributed by atoms with Gasteiger partial charge >= 0.3 is 0 Å². The van der Waals surface area contributed by atoms with Crippen LogP contribution in [0.3, 0.4) is 0 Å². The molecular weight excluding hydrogens is 458 g/mol. The van der Waals surface area contributed by atoms with Crippen LogP contribution in [0.15, 0.2) is 59.9 Å². The second-order valence-electron chi connectivity index (χ2n) is 8.82. The summed E-state index contributed by atoms with van der Waals surface area (Å²) in [6.07, 6.45) is 4.42. The first-order valence-corrected chi connectivity index (χ1v) is 12.7. The van der Waals surface area contributed by atoms with Crippen molar-refractivity contribution in [2.45, 2.75) is 37.8 Å². The van der Waals surface area contributed by atoms with E-state index in [2.05, 4.69) is 75.7 Å². The molecule has 1 saturated heterocycles. The molecule has 1 fully saturated rings. The standard InChI is InChI=1S/C26H27N7OS/c1-4-33-17(2)22(14-29-33)24-30-23-25(31(24)3)27-16-28-26(23)34-20-11-12-32(15-20)35-21-10-9-18-7-5-6-8-19(18)13-21/h5-10,13-14,16,20H,4,11-12,15H2,1-3H3/t20-/m0/s1. The molecular formula is C26H27N7OS. The number of rotatable bonds is 6. The summed E-state index contributed by atoms with van der Waals surface area (Å²) in [4.78, 5) is 15.1. The van der Waals surface area contributed by atoms with Gasteiger partial charge in [0.25, 0.3) is 0 Å². The normalized spacial score (nSPS) is 16.5. The Hall–Kier alpha value is -3.43. The molecule has 3 aromatic heterocycles. The molecule has 0 amide bonds. The molecule has 9 heteroatoms. The van der Waals surface area contributed by atoms with Crippen molar-refractivity contribution < 1.29 is 4.74 Å². The number of imidazole rings is 1. The van der Waals surface area contributed by atoms with Gasteiger partial charge in [-0.25, -0.2) is 14.3 Å². The molecule has 4 heterocycles. The maximum atomic E-state index is 6.38. The van der Waals surface area contributed by atoms with E-state index >= 15 is 0 Å². The van der Waals surface area contributed by atoms with Crippen molar-refractivity contribution in [2.24, 2.45) is 7.05 Å². The van der Waals surface area contributed by atoms with Gasteiger partial charge < -0.3 is 9.30 Å². The Morgan fingerprint density at radius 1 is 1.11 bits per heavy atom. The SMILES string of the molecule is CCn1ncc(-c2nc3c(O[C@H]4CCN(Sc5ccc6ccccc6c5)C4)ncnc3n2C)c1C. The molecule has 0 saturated carbocycles. The van der Waals surface area contributed by atoms with Gasteiger partial charge in [0.15, 0.2) is 11.2 Å². The monoisotopic (exact) mass is 485 g/mol. The Bertz CT molecular complexity index is 1530. The van der Waals surface area contributed by atoms with Crippen molar-refractivity contribution >= 4 is 33.9 Å². The Morgan fingerprint density at radius 3 is 2.80 bits per heavy atom. The van der Waals surface area contributed by atoms with E-state index < -0.39 is 0 Å². The Kier molecular flexibility index (Phi) is 5.66. The van der Waals surface area contributed by atoms with Crippen LogP contribution in [-0.2, 0) is 13.6 Å². The van der Waals surface area contributed by atoms with Crippen LogP contribution in [-0.4, -0.2) is 52.8 Å². The predicted molar refractivity (Wildman–Crippen MR) is 138 cm³/mol. The third-order valence-corrected chi connectivity index (χ3v) is 7.66. The van der Waals surface area contributed by atoms with Crippen LogP contribution >= 0.6 is 11.9 Å². The molecule has 6 rings (SSSR count). The molecule has 1 atom stereocenters. The van der Waals surface area contributed by atoms with Crippen LogP contribution in [0.5, 0.6) is 5.88 Å². The molecule has 5 aromatic rings. The second kappa shape index (κ2) is 8.98. The molecule has 2 aromatic carbocycles. The van der Waals surface area contributed by atoms with E-state index in [0.29, 0.717) is 11.4 Å². The maximum Gasteiger partial charge on any atom is 0.245 e. The molecule has 0 N–H and O–H groups in total. The third-order valence-electron chi connectivity index (χ3n) is 6.61. The first-order chi connectivity index (χ1) is 17.1. The fourth-order valence-electron chi connectivity index (χ4n) is 4.70. The highest BCUT2D eigenvalue weighted by Gasteiger charge is 2.27. The molecule has 1 aliphatic rings. The van der Waals surface area contributed by atoms with Crippen molar-refractivity contribution in [1.29, 1.82) is 0 Å². The van der Waals surface area contributed by atoms with Gasteiger partial charge in [0.2, 0.25) is 5.88 Å². The first-order valence-electron chi connectivity index (χ1n) is 11.9. The lowest BCUT2D eigenvalue weighted by Crippen LogP contribution is -2.21. The third kappa shape index (κ3) is 4.04. The molecule has 1 aliphatic heterocycles. The minimum atomic E-state index is 0.0519. The van der Waals surface area contributed by atoms with Crippen LogP contribution in [0.2, 0.25) is 0 Å². The summed E-state index contributed by atoms with van der Waals surface area (Å²) in [5.74, 6) is 1.36. The van der Waals surface area contributed by atoms with Crippen molar-refractivity contribution in [3.8, 4) is 17.3 Å². The smallest absolute Gasteiger partial charge is 0.245 e. The van der Waals surface area contributed by atoms with Crippen LogP contribution in [0, 0.1) is 6.92 Å². The number of hydrogen-bond acceptors (Lipinski definition) is 7. The number of hydrogen-bond donors (Lipinski definition) is 0. The van der Waals surface area contributed by atoms with Crippen LogP contribution < -0.4 is 4.74 Å². The summed E-state index contributed by atoms with van der Waals surface area (Å²) in [7, 11) is 1.97. The molecule has 0 unspecified atom stereocenters. The molecule has 0 bridgehead atoms. The van der Waals surface area contributed by atoms with Crippen LogP contribution in [0.4, 0.5) is 0 Å². The van der Waals surface area contributed by atoms with Gasteiger partial charge in [-0.1, -0.05) is 30.3 Å². The summed E-state index contributed by atoms with van der Waals surface area (Å²) in [6.45, 7) is 6.75. The van der Waals surface area contributed by atoms with Gasteiger partial charge in [0.05, 0.1) is 11.8 Å². The van der Waals surface area contributed by atoms with E-state index in [1.165, 1.54) is 15.7 Å². The summed E-state index contributed by atoms with van der Waals surface area (Å²) < 4.78 is 12.7. The fourth-order valence-corrected chi connectivity index (χ4v) is 5.74. The molecule has 8 nitrogen and oxygen atoms in total. The van der Waals surface area contributed by atoms with E-state index in [9.17, 15) is 0 Å². The lowest BCUT2D eigenvalue weighted by molar-refractivity contribution is 0.210. The number of ether oxygens (including phenoxy) is 1. The second-order valence-corrected chi connectivity index (χ2v) is 9.99. The first kappa shape index (κ1) is 22.1. The lowest BCUT2D eigenvalue weighted by atomic mass is 10.1. The summed E-state index contributed by atoms with van der Waals surface area (Å²) in [5, 5.41) is 7.00. The van der Waals surface area contributed by atoms with Gasteiger partial charge in [-0.2, -0.15) is 10.1 Å². The number of fused-ring (bicyclic) bond motifs is 2. The largest absolute Gasteiger partial charge is 0.471 e. The maximum absolute atomic E-state index is 6.38. The molecule has 178 valence electrons. The zero-order valence-electron chi connectivity index (χ0n) is 20.0. The Morgan fingerprint density at radius 2 is 1.97 bits per heavy atom. The van der Waals surface area contributed by atoms with Crippen molar-refractivity contribution in [3.05, 3.63) is 60.7 Å². The molecule has 0 aliphatic carbocycles. The summed E-state index contributed by atoms with van der Waals surface area (Å²) in [5.41, 5.74) is 3.53. The Labute approximate surface area is 208 Å². The van der Waals surface area contributed by atoms with Crippen molar-refractivity contribution in [2.75, 3.05) is 13.1 Å². The predicted octanol–water partition coefficient (Wildman–Crippen LogP) is 4.87. The van der Waals surface area contributed by atoms with E-state index in [-0.39, 0.29) is 6.10 Å². The minimum Gasteiger partial charge on any atom is -0.471 e. The van der Waals surface area contributed by atoms with E-state index in [1.54, 1.807) is 18.3 Å². The van der Waals surface area contributed by atoms with E-state index in [0.717, 1.165) is 48.8 Å². The van der Waals surface area contributed by atoms with Gasteiger partial charge in [-0.3, -0.25) is 4.68 Å². The van der Waals surface area contributed by atoms with Crippen LogP contribution in [0.25, 0.3) is 33.3 Å². The average Bonchev–Trinajstić information content (AvgIpc) is 3.57. The Balaban J connectivity index is 1.20.